The summed E-state index contributed by atoms with van der Waals surface area (Å²) >= 11 is 0. The molecule has 11 rings (SSSR count). The fourth-order valence-corrected chi connectivity index (χ4v) is 6.44. The molecule has 0 spiro atoms. The third kappa shape index (κ3) is 3.55. The van der Waals surface area contributed by atoms with Gasteiger partial charge in [0, 0.05) is 0 Å². The fraction of sp³-hybridized carbons (Fsp3) is 0. The third-order valence-electron chi connectivity index (χ3n) is 8.50. The van der Waals surface area contributed by atoms with Crippen LogP contribution in [0.1, 0.15) is 38.4 Å². The van der Waals surface area contributed by atoms with E-state index in [0.29, 0.717) is 0 Å². The van der Waals surface area contributed by atoms with Crippen LogP contribution in [0.5, 0.6) is 0 Å². The molecule has 0 atom stereocenters. The van der Waals surface area contributed by atoms with E-state index < -0.39 is 256 Å². The van der Waals surface area contributed by atoms with Gasteiger partial charge in [-0.3, -0.25) is 0 Å². The summed E-state index contributed by atoms with van der Waals surface area (Å²) in [6, 6.07) is -24.9. The standard InChI is InChI=1S/C48H28/c1-2-12-37-35(7-1)27-36(28-44(37)41-24-20-34-18-16-30-9-6-11-32-22-26-43(41)48(34)46(30)32)38-13-3-4-14-39(38)40-23-19-33-17-15-29-8-5-10-31-21-25-42(40)47(33)45(29)31/h1-28H/i1D,2D,3D,4D,5D,6D,7D,8D,9D,10D,11D,12D,13D,14D,15D,16D,17D,18D,19D,20D,21D,22D,23D,24D,25D,26D,27D,28D. The first kappa shape index (κ1) is 10.9. The largest absolute Gasteiger partial charge is 0.0636 e. The topological polar surface area (TPSA) is 0 Å². The van der Waals surface area contributed by atoms with Crippen molar-refractivity contribution in [3.8, 4) is 33.4 Å². The molecule has 0 heteroatoms. The lowest BCUT2D eigenvalue weighted by Gasteiger charge is -2.19. The molecule has 0 saturated heterocycles. The van der Waals surface area contributed by atoms with E-state index in [0.717, 1.165) is 0 Å². The lowest BCUT2D eigenvalue weighted by atomic mass is 9.85. The molecule has 0 aliphatic carbocycles. The Bertz CT molecular complexity index is 4610. The molecule has 0 amide bonds. The molecule has 0 aromatic heterocycles. The summed E-state index contributed by atoms with van der Waals surface area (Å²) in [6.07, 6.45) is 0. The van der Waals surface area contributed by atoms with Gasteiger partial charge in [-0.15, -0.1) is 0 Å². The van der Waals surface area contributed by atoms with Crippen LogP contribution in [0.2, 0.25) is 0 Å². The van der Waals surface area contributed by atoms with E-state index in [1.807, 2.05) is 0 Å². The van der Waals surface area contributed by atoms with Crippen LogP contribution in [-0.4, -0.2) is 0 Å². The van der Waals surface area contributed by atoms with Gasteiger partial charge in [-0.2, -0.15) is 0 Å². The average Bonchev–Trinajstić information content (AvgIpc) is 3.21. The van der Waals surface area contributed by atoms with Gasteiger partial charge in [0.15, 0.2) is 0 Å². The van der Waals surface area contributed by atoms with Gasteiger partial charge < -0.3 is 0 Å². The van der Waals surface area contributed by atoms with E-state index in [1.54, 1.807) is 0 Å². The van der Waals surface area contributed by atoms with Crippen molar-refractivity contribution in [2.45, 2.75) is 0 Å². The minimum Gasteiger partial charge on any atom is -0.0616 e. The second-order valence-electron chi connectivity index (χ2n) is 11.0. The monoisotopic (exact) mass is 632 g/mol. The Morgan fingerprint density at radius 1 is 0.250 bits per heavy atom. The first-order chi connectivity index (χ1) is 35.5. The van der Waals surface area contributed by atoms with Crippen LogP contribution in [0.25, 0.3) is 109 Å². The Balaban J connectivity index is 1.44. The minimum atomic E-state index is -1.10. The first-order valence-electron chi connectivity index (χ1n) is 28.5. The van der Waals surface area contributed by atoms with E-state index in [1.165, 1.54) is 0 Å². The van der Waals surface area contributed by atoms with Crippen molar-refractivity contribution in [3.05, 3.63) is 169 Å². The molecule has 0 unspecified atom stereocenters. The summed E-state index contributed by atoms with van der Waals surface area (Å²) in [4.78, 5) is 0. The van der Waals surface area contributed by atoms with Crippen LogP contribution in [0, 0.1) is 0 Å². The van der Waals surface area contributed by atoms with E-state index in [4.69, 9.17) is 19.2 Å². The van der Waals surface area contributed by atoms with Gasteiger partial charge >= 0.3 is 0 Å². The van der Waals surface area contributed by atoms with E-state index >= 15 is 0 Å². The fourth-order valence-electron chi connectivity index (χ4n) is 6.44. The molecule has 0 radical (unpaired) electrons. The zero-order chi connectivity index (χ0) is 55.7. The third-order valence-corrected chi connectivity index (χ3v) is 8.50. The van der Waals surface area contributed by atoms with Crippen molar-refractivity contribution in [2.75, 3.05) is 0 Å². The molecular formula is C48H28. The predicted octanol–water partition coefficient (Wildman–Crippen LogP) is 13.6. The summed E-state index contributed by atoms with van der Waals surface area (Å²) < 4.78 is 257. The molecule has 0 N–H and O–H groups in total. The maximum atomic E-state index is 10.2. The van der Waals surface area contributed by atoms with Crippen LogP contribution < -0.4 is 0 Å². The summed E-state index contributed by atoms with van der Waals surface area (Å²) in [7, 11) is 0. The van der Waals surface area contributed by atoms with Crippen LogP contribution in [-0.2, 0) is 0 Å². The van der Waals surface area contributed by atoms with E-state index in [9.17, 15) is 19.2 Å². The molecule has 0 aliphatic heterocycles. The lowest BCUT2D eigenvalue weighted by Crippen LogP contribution is -1.92. The first-order valence-corrected chi connectivity index (χ1v) is 14.5. The van der Waals surface area contributed by atoms with Gasteiger partial charge in [0.1, 0.15) is 0 Å². The van der Waals surface area contributed by atoms with Crippen LogP contribution in [0.15, 0.2) is 169 Å². The van der Waals surface area contributed by atoms with Gasteiger partial charge in [0.2, 0.25) is 0 Å². The Hall–Kier alpha value is -6.24. The molecule has 220 valence electrons. The molecule has 0 heterocycles. The van der Waals surface area contributed by atoms with Gasteiger partial charge in [-0.05, 0) is 121 Å². The zero-order valence-electron chi connectivity index (χ0n) is 52.0. The van der Waals surface area contributed by atoms with Crippen molar-refractivity contribution in [3.63, 3.8) is 0 Å². The predicted molar refractivity (Wildman–Crippen MR) is 208 cm³/mol. The van der Waals surface area contributed by atoms with Gasteiger partial charge in [-0.25, -0.2) is 0 Å². The highest BCUT2D eigenvalue weighted by Gasteiger charge is 2.18. The Labute approximate surface area is 317 Å². The Morgan fingerprint density at radius 2 is 0.688 bits per heavy atom. The highest BCUT2D eigenvalue weighted by atomic mass is 14.2. The second kappa shape index (κ2) is 9.64. The highest BCUT2D eigenvalue weighted by Crippen LogP contribution is 2.45. The van der Waals surface area contributed by atoms with Gasteiger partial charge in [-0.1, -0.05) is 157 Å². The number of benzene rings is 11. The van der Waals surface area contributed by atoms with Crippen LogP contribution >= 0.6 is 0 Å². The van der Waals surface area contributed by atoms with Crippen LogP contribution in [0.4, 0.5) is 0 Å². The van der Waals surface area contributed by atoms with E-state index in [2.05, 4.69) is 0 Å². The summed E-state index contributed by atoms with van der Waals surface area (Å²) in [5.41, 5.74) is -4.98. The van der Waals surface area contributed by atoms with E-state index in [-0.39, 0.29) is 21.5 Å². The van der Waals surface area contributed by atoms with Gasteiger partial charge in [0.25, 0.3) is 0 Å². The quantitative estimate of drug-likeness (QED) is 0.170. The molecule has 0 fully saturated rings. The Morgan fingerprint density at radius 3 is 1.29 bits per heavy atom. The summed E-state index contributed by atoms with van der Waals surface area (Å²) in [5.74, 6) is 0. The van der Waals surface area contributed by atoms with Crippen LogP contribution in [0.3, 0.4) is 0 Å². The molecule has 0 bridgehead atoms. The molecule has 48 heavy (non-hydrogen) atoms. The highest BCUT2D eigenvalue weighted by molar-refractivity contribution is 6.27. The smallest absolute Gasteiger partial charge is 0.0616 e. The van der Waals surface area contributed by atoms with Crippen molar-refractivity contribution < 1.29 is 38.4 Å². The normalized spacial score (nSPS) is 20.3. The number of rotatable bonds is 3. The molecule has 11 aromatic rings. The molecule has 0 nitrogen and oxygen atoms in total. The number of fused-ring (bicyclic) bond motifs is 1. The minimum absolute atomic E-state index is 0.326. The maximum absolute atomic E-state index is 10.2. The maximum Gasteiger partial charge on any atom is 0.0636 e. The lowest BCUT2D eigenvalue weighted by molar-refractivity contribution is 1.61. The second-order valence-corrected chi connectivity index (χ2v) is 11.0. The zero-order valence-corrected chi connectivity index (χ0v) is 24.0. The Kier molecular flexibility index (Phi) is 2.19. The number of hydrogen-bond acceptors (Lipinski definition) is 0. The SMILES string of the molecule is [2H]c1c([2H])c([2H])c(-c2c([2H])c([2H])c3c([2H])c([2H])c4c([2H])c([2H])c([2H])c5c([2H])c([2H])c2c3c45)c(-c2c([2H])c(-c3c([2H])c([2H])c4c([2H])c([2H])c5c([2H])c([2H])c([2H])c6c([2H])c([2H])c3c4c56)c3c([2H])c([2H])c([2H])c([2H])c3c2[2H])c1[2H]. The summed E-state index contributed by atoms with van der Waals surface area (Å²) in [6.45, 7) is 0. The number of hydrogen-bond donors (Lipinski definition) is 0. The molecular weight excluding hydrogens is 577 g/mol. The van der Waals surface area contributed by atoms with Crippen molar-refractivity contribution in [2.24, 2.45) is 0 Å². The average molecular weight is 633 g/mol. The molecule has 11 aromatic carbocycles. The van der Waals surface area contributed by atoms with Crippen molar-refractivity contribution in [1.82, 2.24) is 0 Å². The van der Waals surface area contributed by atoms with Crippen molar-refractivity contribution >= 4 is 75.4 Å². The van der Waals surface area contributed by atoms with Gasteiger partial charge in [0.05, 0.1) is 38.4 Å². The molecule has 0 saturated carbocycles. The molecule has 0 aliphatic rings. The van der Waals surface area contributed by atoms with Crippen molar-refractivity contribution in [1.29, 1.82) is 0 Å². The summed E-state index contributed by atoms with van der Waals surface area (Å²) in [5, 5.41) is -6.88.